The third kappa shape index (κ3) is 6.68. The molecule has 0 radical (unpaired) electrons. The topological polar surface area (TPSA) is 136 Å². The molecule has 0 aromatic heterocycles. The Hall–Kier alpha value is -3.93. The highest BCUT2D eigenvalue weighted by atomic mass is 32.2. The van der Waals surface area contributed by atoms with Crippen LogP contribution in [-0.4, -0.2) is 85.3 Å². The van der Waals surface area contributed by atoms with Crippen molar-refractivity contribution in [3.8, 4) is 22.6 Å². The number of sulfonamides is 1. The number of carboxylic acid groups (broad SMARTS) is 1. The molecule has 1 fully saturated rings. The van der Waals surface area contributed by atoms with Crippen LogP contribution in [0.25, 0.3) is 11.1 Å². The van der Waals surface area contributed by atoms with Crippen LogP contribution in [0.2, 0.25) is 0 Å². The van der Waals surface area contributed by atoms with Gasteiger partial charge in [0.2, 0.25) is 10.0 Å². The van der Waals surface area contributed by atoms with E-state index in [4.69, 9.17) is 4.74 Å². The Bertz CT molecular complexity index is 1420. The molecule has 0 bridgehead atoms. The maximum Gasteiger partial charge on any atom is 0.337 e. The second-order valence-electron chi connectivity index (χ2n) is 8.92. The molecule has 4 rings (SSSR count). The van der Waals surface area contributed by atoms with Gasteiger partial charge < -0.3 is 20.3 Å². The van der Waals surface area contributed by atoms with E-state index in [0.29, 0.717) is 45.1 Å². The number of phenolic OH excluding ortho intramolecular Hbond substituents is 1. The standard InChI is InChI=1S/C27H29N3O7S/c1-38(35,36)30-13-11-29(12-14-30)15-16-37-21-8-10-25(31)23(18-21)26(32)28-24-17-20(7-9-22(24)27(33)34)19-5-3-2-4-6-19/h2-10,17-18,31H,11-16H2,1H3,(H,28,32)(H,33,34). The van der Waals surface area contributed by atoms with E-state index >= 15 is 0 Å². The van der Waals surface area contributed by atoms with E-state index in [2.05, 4.69) is 10.2 Å². The van der Waals surface area contributed by atoms with Gasteiger partial charge in [-0.15, -0.1) is 0 Å². The Labute approximate surface area is 221 Å². The predicted octanol–water partition coefficient (Wildman–Crippen LogP) is 2.97. The van der Waals surface area contributed by atoms with Gasteiger partial charge in [-0.3, -0.25) is 9.69 Å². The summed E-state index contributed by atoms with van der Waals surface area (Å²) >= 11 is 0. The van der Waals surface area contributed by atoms with E-state index < -0.39 is 21.9 Å². The van der Waals surface area contributed by atoms with Crippen molar-refractivity contribution in [1.82, 2.24) is 9.21 Å². The number of anilines is 1. The zero-order valence-electron chi connectivity index (χ0n) is 20.8. The molecule has 38 heavy (non-hydrogen) atoms. The molecule has 1 amide bonds. The summed E-state index contributed by atoms with van der Waals surface area (Å²) in [7, 11) is -3.20. The minimum atomic E-state index is -3.20. The number of carbonyl (C=O) groups excluding carboxylic acids is 1. The molecule has 0 saturated carbocycles. The first-order valence-corrected chi connectivity index (χ1v) is 13.8. The molecule has 3 aromatic carbocycles. The molecule has 11 heteroatoms. The summed E-state index contributed by atoms with van der Waals surface area (Å²) in [5, 5.41) is 22.5. The fourth-order valence-electron chi connectivity index (χ4n) is 4.20. The second-order valence-corrected chi connectivity index (χ2v) is 10.9. The van der Waals surface area contributed by atoms with Gasteiger partial charge in [-0.25, -0.2) is 13.2 Å². The molecule has 3 N–H and O–H groups in total. The Balaban J connectivity index is 1.42. The van der Waals surface area contributed by atoms with Gasteiger partial charge in [-0.2, -0.15) is 4.31 Å². The van der Waals surface area contributed by atoms with Crippen LogP contribution >= 0.6 is 0 Å². The highest BCUT2D eigenvalue weighted by molar-refractivity contribution is 7.88. The molecule has 0 aliphatic carbocycles. The number of amides is 1. The van der Waals surface area contributed by atoms with Crippen molar-refractivity contribution in [3.63, 3.8) is 0 Å². The Kier molecular flexibility index (Phi) is 8.30. The summed E-state index contributed by atoms with van der Waals surface area (Å²) in [5.74, 6) is -1.79. The summed E-state index contributed by atoms with van der Waals surface area (Å²) in [4.78, 5) is 26.9. The lowest BCUT2D eigenvalue weighted by atomic mass is 10.0. The van der Waals surface area contributed by atoms with Crippen molar-refractivity contribution >= 4 is 27.6 Å². The maximum absolute atomic E-state index is 13.1. The van der Waals surface area contributed by atoms with Gasteiger partial charge in [0.05, 0.1) is 23.1 Å². The normalized spacial score (nSPS) is 14.7. The fourth-order valence-corrected chi connectivity index (χ4v) is 5.02. The van der Waals surface area contributed by atoms with Crippen LogP contribution in [0.3, 0.4) is 0 Å². The molecule has 0 spiro atoms. The van der Waals surface area contributed by atoms with Crippen LogP contribution in [0.15, 0.2) is 66.7 Å². The van der Waals surface area contributed by atoms with E-state index in [1.807, 2.05) is 30.3 Å². The first-order valence-electron chi connectivity index (χ1n) is 12.0. The zero-order valence-corrected chi connectivity index (χ0v) is 21.6. The van der Waals surface area contributed by atoms with E-state index in [-0.39, 0.29) is 22.6 Å². The van der Waals surface area contributed by atoms with E-state index in [0.717, 1.165) is 11.1 Å². The van der Waals surface area contributed by atoms with Crippen molar-refractivity contribution in [3.05, 3.63) is 77.9 Å². The molecular formula is C27H29N3O7S. The van der Waals surface area contributed by atoms with Crippen LogP contribution < -0.4 is 10.1 Å². The molecule has 1 aliphatic rings. The number of benzene rings is 3. The fraction of sp³-hybridized carbons (Fsp3) is 0.259. The lowest BCUT2D eigenvalue weighted by Gasteiger charge is -2.33. The molecule has 10 nitrogen and oxygen atoms in total. The predicted molar refractivity (Wildman–Crippen MR) is 143 cm³/mol. The first-order chi connectivity index (χ1) is 18.1. The summed E-state index contributed by atoms with van der Waals surface area (Å²) in [6, 6.07) is 18.3. The average molecular weight is 540 g/mol. The SMILES string of the molecule is CS(=O)(=O)N1CCN(CCOc2ccc(O)c(C(=O)Nc3cc(-c4ccccc4)ccc3C(=O)O)c2)CC1. The summed E-state index contributed by atoms with van der Waals surface area (Å²) < 4.78 is 30.5. The van der Waals surface area contributed by atoms with Crippen molar-refractivity contribution in [2.45, 2.75) is 0 Å². The number of nitrogens with zero attached hydrogens (tertiary/aromatic N) is 2. The number of carboxylic acids is 1. The monoisotopic (exact) mass is 539 g/mol. The third-order valence-corrected chi connectivity index (χ3v) is 7.60. The number of aromatic carboxylic acids is 1. The Morgan fingerprint density at radius 2 is 1.63 bits per heavy atom. The average Bonchev–Trinajstić information content (AvgIpc) is 2.89. The summed E-state index contributed by atoms with van der Waals surface area (Å²) in [6.45, 7) is 2.89. The van der Waals surface area contributed by atoms with Crippen molar-refractivity contribution in [1.29, 1.82) is 0 Å². The lowest BCUT2D eigenvalue weighted by molar-refractivity contribution is 0.0698. The smallest absolute Gasteiger partial charge is 0.337 e. The van der Waals surface area contributed by atoms with Crippen molar-refractivity contribution < 1.29 is 33.0 Å². The van der Waals surface area contributed by atoms with Crippen LogP contribution in [0.5, 0.6) is 11.5 Å². The van der Waals surface area contributed by atoms with Gasteiger partial charge in [0.1, 0.15) is 18.1 Å². The molecule has 200 valence electrons. The van der Waals surface area contributed by atoms with E-state index in [1.54, 1.807) is 12.1 Å². The minimum absolute atomic E-state index is 0.0641. The lowest BCUT2D eigenvalue weighted by Crippen LogP contribution is -2.49. The highest BCUT2D eigenvalue weighted by Gasteiger charge is 2.23. The molecule has 1 aliphatic heterocycles. The van der Waals surface area contributed by atoms with Crippen LogP contribution in [0.1, 0.15) is 20.7 Å². The number of aromatic hydroxyl groups is 1. The van der Waals surface area contributed by atoms with Crippen LogP contribution in [-0.2, 0) is 10.0 Å². The number of piperazine rings is 1. The van der Waals surface area contributed by atoms with Crippen LogP contribution in [0.4, 0.5) is 5.69 Å². The first kappa shape index (κ1) is 27.1. The van der Waals surface area contributed by atoms with Crippen LogP contribution in [0, 0.1) is 0 Å². The minimum Gasteiger partial charge on any atom is -0.507 e. The second kappa shape index (κ2) is 11.6. The molecule has 3 aromatic rings. The Morgan fingerprint density at radius 3 is 2.29 bits per heavy atom. The van der Waals surface area contributed by atoms with Gasteiger partial charge in [-0.05, 0) is 41.5 Å². The number of hydrogen-bond acceptors (Lipinski definition) is 7. The maximum atomic E-state index is 13.1. The molecular weight excluding hydrogens is 510 g/mol. The van der Waals surface area contributed by atoms with E-state index in [1.165, 1.54) is 34.8 Å². The Morgan fingerprint density at radius 1 is 0.921 bits per heavy atom. The van der Waals surface area contributed by atoms with Crippen molar-refractivity contribution in [2.75, 3.05) is 50.9 Å². The largest absolute Gasteiger partial charge is 0.507 e. The zero-order chi connectivity index (χ0) is 27.3. The van der Waals surface area contributed by atoms with E-state index in [9.17, 15) is 28.2 Å². The molecule has 0 atom stereocenters. The number of hydrogen-bond donors (Lipinski definition) is 3. The van der Waals surface area contributed by atoms with Gasteiger partial charge in [0.15, 0.2) is 0 Å². The summed E-state index contributed by atoms with van der Waals surface area (Å²) in [5.41, 5.74) is 1.54. The quantitative estimate of drug-likeness (QED) is 0.378. The summed E-state index contributed by atoms with van der Waals surface area (Å²) in [6.07, 6.45) is 1.20. The molecule has 1 saturated heterocycles. The van der Waals surface area contributed by atoms with Crippen molar-refractivity contribution in [2.24, 2.45) is 0 Å². The van der Waals surface area contributed by atoms with Gasteiger partial charge in [0, 0.05) is 32.7 Å². The number of phenols is 1. The van der Waals surface area contributed by atoms with Gasteiger partial charge in [0.25, 0.3) is 5.91 Å². The number of nitrogens with one attached hydrogen (secondary N) is 1. The molecule has 0 unspecified atom stereocenters. The number of carbonyl (C=O) groups is 2. The van der Waals surface area contributed by atoms with Gasteiger partial charge >= 0.3 is 5.97 Å². The highest BCUT2D eigenvalue weighted by Crippen LogP contribution is 2.28. The van der Waals surface area contributed by atoms with Gasteiger partial charge in [-0.1, -0.05) is 36.4 Å². The number of ether oxygens (including phenoxy) is 1. The number of rotatable bonds is 9. The third-order valence-electron chi connectivity index (χ3n) is 6.29. The molecule has 1 heterocycles.